The third kappa shape index (κ3) is 5.08. The van der Waals surface area contributed by atoms with Crippen molar-refractivity contribution >= 4 is 27.0 Å². The number of likely N-dealkylation sites (N-methyl/N-ethyl adjacent to an activating group) is 1. The van der Waals surface area contributed by atoms with Crippen molar-refractivity contribution in [2.75, 3.05) is 45.1 Å². The Labute approximate surface area is 231 Å². The van der Waals surface area contributed by atoms with Gasteiger partial charge in [-0.15, -0.1) is 0 Å². The van der Waals surface area contributed by atoms with E-state index in [1.54, 1.807) is 16.4 Å². The molecule has 3 heterocycles. The lowest BCUT2D eigenvalue weighted by Gasteiger charge is -2.31. The van der Waals surface area contributed by atoms with Crippen LogP contribution in [0.15, 0.2) is 41.6 Å². The van der Waals surface area contributed by atoms with Crippen LogP contribution in [0.2, 0.25) is 0 Å². The van der Waals surface area contributed by atoms with Gasteiger partial charge in [-0.25, -0.2) is 13.4 Å². The lowest BCUT2D eigenvalue weighted by atomic mass is 9.83. The van der Waals surface area contributed by atoms with Crippen molar-refractivity contribution in [3.63, 3.8) is 0 Å². The van der Waals surface area contributed by atoms with E-state index in [0.717, 1.165) is 73.9 Å². The maximum atomic E-state index is 13.3. The smallest absolute Gasteiger partial charge is 0.243 e. The van der Waals surface area contributed by atoms with Gasteiger partial charge in [0.2, 0.25) is 16.0 Å². The number of unbranched alkanes of at least 4 members (excludes halogenated alkanes) is 1. The number of hydrogen-bond acceptors (Lipinski definition) is 7. The lowest BCUT2D eigenvalue weighted by Crippen LogP contribution is -2.46. The molecule has 10 heteroatoms. The van der Waals surface area contributed by atoms with Gasteiger partial charge in [-0.2, -0.15) is 9.29 Å². The van der Waals surface area contributed by atoms with Gasteiger partial charge in [-0.05, 0) is 68.7 Å². The van der Waals surface area contributed by atoms with Crippen molar-refractivity contribution in [2.45, 2.75) is 68.8 Å². The highest BCUT2D eigenvalue weighted by Crippen LogP contribution is 2.65. The maximum absolute atomic E-state index is 13.3. The zero-order chi connectivity index (χ0) is 27.2. The number of piperazine rings is 1. The standard InChI is InChI=1S/C29H41N7O2S/c1-3-4-13-31-28-32-19-24-25(20-36(27(24)33-28)26-18-29(26)11-9-22(30)10-12-29)21-5-7-23(8-6-21)39(37,38)35-16-14-34(2)15-17-35/h5-8,19-20,22,26H,3-4,9-18,30H2,1-2H3,(H,31,32,33). The maximum Gasteiger partial charge on any atom is 0.243 e. The summed E-state index contributed by atoms with van der Waals surface area (Å²) < 4.78 is 30.5. The average Bonchev–Trinajstić information content (AvgIpc) is 3.51. The fourth-order valence-electron chi connectivity index (χ4n) is 6.42. The summed E-state index contributed by atoms with van der Waals surface area (Å²) in [4.78, 5) is 12.1. The topological polar surface area (TPSA) is 109 Å². The summed E-state index contributed by atoms with van der Waals surface area (Å²) in [6.45, 7) is 5.57. The Morgan fingerprint density at radius 3 is 2.51 bits per heavy atom. The zero-order valence-corrected chi connectivity index (χ0v) is 24.0. The van der Waals surface area contributed by atoms with Gasteiger partial charge in [0.1, 0.15) is 5.65 Å². The summed E-state index contributed by atoms with van der Waals surface area (Å²) in [6, 6.07) is 8.09. The Morgan fingerprint density at radius 1 is 1.10 bits per heavy atom. The number of rotatable bonds is 8. The molecule has 0 bridgehead atoms. The van der Waals surface area contributed by atoms with Crippen LogP contribution in [-0.2, 0) is 10.0 Å². The number of benzene rings is 1. The second kappa shape index (κ2) is 10.5. The van der Waals surface area contributed by atoms with E-state index >= 15 is 0 Å². The molecule has 2 aliphatic carbocycles. The van der Waals surface area contributed by atoms with Crippen LogP contribution in [0.4, 0.5) is 5.95 Å². The van der Waals surface area contributed by atoms with Crippen LogP contribution >= 0.6 is 0 Å². The second-order valence-electron chi connectivity index (χ2n) is 11.8. The van der Waals surface area contributed by atoms with Gasteiger partial charge in [0.25, 0.3) is 0 Å². The van der Waals surface area contributed by atoms with Gasteiger partial charge in [0, 0.05) is 68.2 Å². The van der Waals surface area contributed by atoms with E-state index in [2.05, 4.69) is 32.9 Å². The van der Waals surface area contributed by atoms with Crippen LogP contribution in [0.25, 0.3) is 22.2 Å². The minimum Gasteiger partial charge on any atom is -0.354 e. The molecule has 3 aliphatic rings. The summed E-state index contributed by atoms with van der Waals surface area (Å²) in [5, 5.41) is 4.38. The molecular formula is C29H41N7O2S. The number of anilines is 1. The summed E-state index contributed by atoms with van der Waals surface area (Å²) in [5.41, 5.74) is 9.52. The Bertz CT molecular complexity index is 1420. The van der Waals surface area contributed by atoms with Crippen molar-refractivity contribution in [3.05, 3.63) is 36.7 Å². The normalized spacial score (nSPS) is 26.3. The van der Waals surface area contributed by atoms with Crippen molar-refractivity contribution in [1.82, 2.24) is 23.7 Å². The molecule has 9 nitrogen and oxygen atoms in total. The number of nitrogens with one attached hydrogen (secondary N) is 1. The van der Waals surface area contributed by atoms with Gasteiger partial charge in [0.05, 0.1) is 4.90 Å². The highest BCUT2D eigenvalue weighted by atomic mass is 32.2. The van der Waals surface area contributed by atoms with Crippen LogP contribution in [-0.4, -0.2) is 78.0 Å². The first kappa shape index (κ1) is 26.7. The number of nitrogens with two attached hydrogens (primary N) is 1. The fourth-order valence-corrected chi connectivity index (χ4v) is 7.84. The van der Waals surface area contributed by atoms with E-state index in [-0.39, 0.29) is 0 Å². The first-order valence-corrected chi connectivity index (χ1v) is 15.9. The van der Waals surface area contributed by atoms with Gasteiger partial charge < -0.3 is 20.5 Å². The first-order valence-electron chi connectivity index (χ1n) is 14.5. The highest BCUT2D eigenvalue weighted by Gasteiger charge is 2.56. The summed E-state index contributed by atoms with van der Waals surface area (Å²) in [6.07, 6.45) is 12.0. The molecule has 39 heavy (non-hydrogen) atoms. The molecule has 6 rings (SSSR count). The van der Waals surface area contributed by atoms with Gasteiger partial charge in [-0.1, -0.05) is 25.5 Å². The molecule has 2 saturated carbocycles. The largest absolute Gasteiger partial charge is 0.354 e. The molecule has 3 aromatic rings. The Balaban J connectivity index is 1.32. The molecule has 1 aliphatic heterocycles. The van der Waals surface area contributed by atoms with Crippen LogP contribution in [0.3, 0.4) is 0 Å². The Morgan fingerprint density at radius 2 is 1.82 bits per heavy atom. The first-order chi connectivity index (χ1) is 18.8. The fraction of sp³-hybridized carbons (Fsp3) is 0.586. The van der Waals surface area contributed by atoms with E-state index in [4.69, 9.17) is 10.7 Å². The Hall–Kier alpha value is -2.53. The summed E-state index contributed by atoms with van der Waals surface area (Å²) in [5.74, 6) is 0.663. The number of fused-ring (bicyclic) bond motifs is 1. The van der Waals surface area contributed by atoms with Crippen molar-refractivity contribution in [1.29, 1.82) is 0 Å². The van der Waals surface area contributed by atoms with Crippen molar-refractivity contribution in [2.24, 2.45) is 11.1 Å². The average molecular weight is 552 g/mol. The molecular weight excluding hydrogens is 510 g/mol. The molecule has 210 valence electrons. The summed E-state index contributed by atoms with van der Waals surface area (Å²) >= 11 is 0. The van der Waals surface area contributed by atoms with E-state index in [0.29, 0.717) is 41.4 Å². The molecule has 1 spiro atoms. The molecule has 3 N–H and O–H groups in total. The van der Waals surface area contributed by atoms with Gasteiger partial charge >= 0.3 is 0 Å². The monoisotopic (exact) mass is 551 g/mol. The molecule has 0 radical (unpaired) electrons. The number of nitrogens with zero attached hydrogens (tertiary/aromatic N) is 5. The molecule has 1 saturated heterocycles. The number of hydrogen-bond donors (Lipinski definition) is 2. The van der Waals surface area contributed by atoms with E-state index in [1.807, 2.05) is 25.4 Å². The highest BCUT2D eigenvalue weighted by molar-refractivity contribution is 7.89. The lowest BCUT2D eigenvalue weighted by molar-refractivity contribution is 0.222. The minimum atomic E-state index is -3.51. The Kier molecular flexibility index (Phi) is 7.16. The molecule has 2 aromatic heterocycles. The second-order valence-corrected chi connectivity index (χ2v) is 13.8. The quantitative estimate of drug-likeness (QED) is 0.406. The third-order valence-electron chi connectivity index (χ3n) is 9.16. The van der Waals surface area contributed by atoms with Crippen LogP contribution in [0.5, 0.6) is 0 Å². The molecule has 1 atom stereocenters. The molecule has 1 aromatic carbocycles. The molecule has 0 amide bonds. The van der Waals surface area contributed by atoms with Gasteiger partial charge in [-0.3, -0.25) is 0 Å². The van der Waals surface area contributed by atoms with Crippen molar-refractivity contribution in [3.8, 4) is 11.1 Å². The van der Waals surface area contributed by atoms with Gasteiger partial charge in [0.15, 0.2) is 0 Å². The van der Waals surface area contributed by atoms with E-state index < -0.39 is 10.0 Å². The van der Waals surface area contributed by atoms with E-state index in [1.165, 1.54) is 12.8 Å². The predicted octanol–water partition coefficient (Wildman–Crippen LogP) is 4.08. The number of aromatic nitrogens is 3. The predicted molar refractivity (Wildman–Crippen MR) is 155 cm³/mol. The van der Waals surface area contributed by atoms with Crippen LogP contribution in [0, 0.1) is 5.41 Å². The molecule has 3 fully saturated rings. The van der Waals surface area contributed by atoms with Crippen LogP contribution in [0.1, 0.15) is 57.9 Å². The van der Waals surface area contributed by atoms with E-state index in [9.17, 15) is 8.42 Å². The minimum absolute atomic E-state index is 0.320. The summed E-state index contributed by atoms with van der Waals surface area (Å²) in [7, 11) is -1.48. The zero-order valence-electron chi connectivity index (χ0n) is 23.1. The molecule has 1 unspecified atom stereocenters. The van der Waals surface area contributed by atoms with Crippen molar-refractivity contribution < 1.29 is 8.42 Å². The van der Waals surface area contributed by atoms with Crippen LogP contribution < -0.4 is 11.1 Å². The third-order valence-corrected chi connectivity index (χ3v) is 11.1. The number of sulfonamides is 1. The SMILES string of the molecule is CCCCNc1ncc2c(-c3ccc(S(=O)(=O)N4CCN(C)CC4)cc3)cn(C3CC34CCC(N)CC4)c2n1.